The zero-order chi connectivity index (χ0) is 24.4. The van der Waals surface area contributed by atoms with Gasteiger partial charge in [-0.15, -0.1) is 10.2 Å². The van der Waals surface area contributed by atoms with Gasteiger partial charge in [-0.25, -0.2) is 9.97 Å². The highest BCUT2D eigenvalue weighted by molar-refractivity contribution is 5.69. The Hall–Kier alpha value is -4.36. The Morgan fingerprint density at radius 3 is 2.66 bits per heavy atom. The molecule has 3 aromatic heterocycles. The van der Waals surface area contributed by atoms with Gasteiger partial charge in [0.2, 0.25) is 5.89 Å². The van der Waals surface area contributed by atoms with E-state index in [1.54, 1.807) is 18.5 Å². The molecule has 10 heteroatoms. The van der Waals surface area contributed by atoms with Crippen molar-refractivity contribution in [3.05, 3.63) is 54.5 Å². The maximum atomic E-state index is 9.44. The minimum absolute atomic E-state index is 0.163. The van der Waals surface area contributed by atoms with Crippen LogP contribution >= 0.6 is 0 Å². The number of hydrogen-bond acceptors (Lipinski definition) is 10. The van der Waals surface area contributed by atoms with Crippen molar-refractivity contribution in [3.8, 4) is 46.1 Å². The monoisotopic (exact) mass is 468 g/mol. The summed E-state index contributed by atoms with van der Waals surface area (Å²) in [4.78, 5) is 13.2. The van der Waals surface area contributed by atoms with Gasteiger partial charge in [0.15, 0.2) is 11.5 Å². The first-order valence-corrected chi connectivity index (χ1v) is 11.3. The highest BCUT2D eigenvalue weighted by atomic mass is 16.5. The standard InChI is InChI=1S/C25H24N8O2/c1-25(2,14-26)20-11-16(7-10-29-20)19-13-30-22(27)21(31-19)24-33-32-23(35-24)15-3-5-17(6-4-15)34-18-8-9-28-12-18/h3-7,10-11,13,18,28H,8-9,12H2,1-2H3,(H2,27,30). The number of ether oxygens (including phenoxy) is 1. The molecule has 1 saturated heterocycles. The van der Waals surface area contributed by atoms with Gasteiger partial charge >= 0.3 is 0 Å². The molecule has 1 unspecified atom stereocenters. The van der Waals surface area contributed by atoms with Gasteiger partial charge in [0.05, 0.1) is 29.1 Å². The molecular formula is C25H24N8O2. The van der Waals surface area contributed by atoms with E-state index in [0.29, 0.717) is 17.3 Å². The largest absolute Gasteiger partial charge is 0.489 e. The summed E-state index contributed by atoms with van der Waals surface area (Å²) in [6.07, 6.45) is 4.38. The molecule has 1 atom stereocenters. The van der Waals surface area contributed by atoms with E-state index in [0.717, 1.165) is 36.4 Å². The van der Waals surface area contributed by atoms with Crippen LogP contribution < -0.4 is 15.8 Å². The molecule has 10 nitrogen and oxygen atoms in total. The predicted molar refractivity (Wildman–Crippen MR) is 129 cm³/mol. The predicted octanol–water partition coefficient (Wildman–Crippen LogP) is 3.38. The van der Waals surface area contributed by atoms with Crippen molar-refractivity contribution in [2.24, 2.45) is 0 Å². The van der Waals surface area contributed by atoms with Gasteiger partial charge in [-0.05, 0) is 63.2 Å². The van der Waals surface area contributed by atoms with Crippen LogP contribution in [0, 0.1) is 11.3 Å². The lowest BCUT2D eigenvalue weighted by Gasteiger charge is -2.15. The number of benzene rings is 1. The molecule has 1 fully saturated rings. The third-order valence-electron chi connectivity index (χ3n) is 5.82. The van der Waals surface area contributed by atoms with E-state index in [1.165, 1.54) is 0 Å². The molecule has 0 amide bonds. The number of nitrogens with zero attached hydrogens (tertiary/aromatic N) is 6. The van der Waals surface area contributed by atoms with Gasteiger partial charge in [0, 0.05) is 23.9 Å². The average molecular weight is 469 g/mol. The topological polar surface area (TPSA) is 149 Å². The van der Waals surface area contributed by atoms with Gasteiger partial charge < -0.3 is 20.2 Å². The molecule has 0 saturated carbocycles. The van der Waals surface area contributed by atoms with Crippen LogP contribution in [0.2, 0.25) is 0 Å². The van der Waals surface area contributed by atoms with E-state index in [9.17, 15) is 5.26 Å². The molecule has 0 aliphatic carbocycles. The summed E-state index contributed by atoms with van der Waals surface area (Å²) < 4.78 is 11.8. The van der Waals surface area contributed by atoms with E-state index in [-0.39, 0.29) is 23.5 Å². The maximum absolute atomic E-state index is 9.44. The molecule has 0 spiro atoms. The Bertz CT molecular complexity index is 1390. The van der Waals surface area contributed by atoms with E-state index in [1.807, 2.05) is 44.2 Å². The third-order valence-corrected chi connectivity index (χ3v) is 5.82. The first kappa shape index (κ1) is 22.4. The van der Waals surface area contributed by atoms with Gasteiger partial charge in [0.25, 0.3) is 5.89 Å². The molecule has 35 heavy (non-hydrogen) atoms. The average Bonchev–Trinajstić information content (AvgIpc) is 3.58. The fourth-order valence-electron chi connectivity index (χ4n) is 3.72. The molecular weight excluding hydrogens is 444 g/mol. The zero-order valence-corrected chi connectivity index (χ0v) is 19.4. The molecule has 5 rings (SSSR count). The van der Waals surface area contributed by atoms with E-state index >= 15 is 0 Å². The lowest BCUT2D eigenvalue weighted by molar-refractivity contribution is 0.223. The smallest absolute Gasteiger partial charge is 0.270 e. The quantitative estimate of drug-likeness (QED) is 0.431. The molecule has 0 bridgehead atoms. The number of nitrogens with two attached hydrogens (primary N) is 1. The van der Waals surface area contributed by atoms with Crippen molar-refractivity contribution in [1.82, 2.24) is 30.5 Å². The zero-order valence-electron chi connectivity index (χ0n) is 19.4. The van der Waals surface area contributed by atoms with Crippen molar-refractivity contribution in [2.45, 2.75) is 31.8 Å². The Morgan fingerprint density at radius 1 is 1.11 bits per heavy atom. The Morgan fingerprint density at radius 2 is 1.91 bits per heavy atom. The molecule has 4 heterocycles. The lowest BCUT2D eigenvalue weighted by Crippen LogP contribution is -2.19. The second-order valence-corrected chi connectivity index (χ2v) is 8.83. The summed E-state index contributed by atoms with van der Waals surface area (Å²) in [5.74, 6) is 1.46. The summed E-state index contributed by atoms with van der Waals surface area (Å²) in [6.45, 7) is 5.45. The minimum Gasteiger partial charge on any atom is -0.489 e. The number of rotatable bonds is 6. The van der Waals surface area contributed by atoms with Gasteiger partial charge in [0.1, 0.15) is 11.9 Å². The number of aromatic nitrogens is 5. The van der Waals surface area contributed by atoms with Gasteiger partial charge in [-0.3, -0.25) is 4.98 Å². The normalized spacial score (nSPS) is 15.6. The van der Waals surface area contributed by atoms with Crippen LogP contribution in [0.3, 0.4) is 0 Å². The summed E-state index contributed by atoms with van der Waals surface area (Å²) in [5.41, 5.74) is 8.32. The number of anilines is 1. The maximum Gasteiger partial charge on any atom is 0.270 e. The molecule has 4 aromatic rings. The first-order valence-electron chi connectivity index (χ1n) is 11.3. The summed E-state index contributed by atoms with van der Waals surface area (Å²) in [6, 6.07) is 13.4. The Balaban J connectivity index is 1.40. The number of pyridine rings is 1. The lowest BCUT2D eigenvalue weighted by atomic mass is 9.90. The van der Waals surface area contributed by atoms with Crippen LogP contribution in [-0.2, 0) is 5.41 Å². The van der Waals surface area contributed by atoms with Crippen molar-refractivity contribution < 1.29 is 9.15 Å². The summed E-state index contributed by atoms with van der Waals surface area (Å²) >= 11 is 0. The molecule has 1 aromatic carbocycles. The van der Waals surface area contributed by atoms with Crippen LogP contribution in [0.1, 0.15) is 26.0 Å². The number of nitriles is 1. The molecule has 176 valence electrons. The van der Waals surface area contributed by atoms with Crippen molar-refractivity contribution in [3.63, 3.8) is 0 Å². The molecule has 0 radical (unpaired) electrons. The molecule has 1 aliphatic rings. The number of hydrogen-bond donors (Lipinski definition) is 2. The van der Waals surface area contributed by atoms with Crippen molar-refractivity contribution >= 4 is 5.82 Å². The van der Waals surface area contributed by atoms with Crippen LogP contribution in [0.4, 0.5) is 5.82 Å². The van der Waals surface area contributed by atoms with Gasteiger partial charge in [-0.1, -0.05) is 0 Å². The summed E-state index contributed by atoms with van der Waals surface area (Å²) in [7, 11) is 0. The van der Waals surface area contributed by atoms with Crippen LogP contribution in [0.5, 0.6) is 5.75 Å². The highest BCUT2D eigenvalue weighted by Gasteiger charge is 2.23. The molecule has 3 N–H and O–H groups in total. The number of nitrogens with one attached hydrogen (secondary N) is 1. The second kappa shape index (κ2) is 9.12. The highest BCUT2D eigenvalue weighted by Crippen LogP contribution is 2.30. The van der Waals surface area contributed by atoms with Gasteiger partial charge in [-0.2, -0.15) is 5.26 Å². The van der Waals surface area contributed by atoms with Crippen molar-refractivity contribution in [2.75, 3.05) is 18.8 Å². The second-order valence-electron chi connectivity index (χ2n) is 8.83. The SMILES string of the molecule is CC(C)(C#N)c1cc(-c2cnc(N)c(-c3nnc(-c4ccc(OC5CCNC5)cc4)o3)n2)ccn1. The minimum atomic E-state index is -0.740. The van der Waals surface area contributed by atoms with Crippen LogP contribution in [0.25, 0.3) is 34.3 Å². The fourth-order valence-corrected chi connectivity index (χ4v) is 3.72. The number of nitrogen functional groups attached to an aromatic ring is 1. The van der Waals surface area contributed by atoms with E-state index in [4.69, 9.17) is 14.9 Å². The molecule has 1 aliphatic heterocycles. The van der Waals surface area contributed by atoms with E-state index in [2.05, 4.69) is 36.5 Å². The first-order chi connectivity index (χ1) is 16.9. The fraction of sp³-hybridized carbons (Fsp3) is 0.280. The third kappa shape index (κ3) is 4.67. The van der Waals surface area contributed by atoms with Crippen LogP contribution in [0.15, 0.2) is 53.2 Å². The summed E-state index contributed by atoms with van der Waals surface area (Å²) in [5, 5.41) is 21.0. The van der Waals surface area contributed by atoms with Crippen molar-refractivity contribution in [1.29, 1.82) is 5.26 Å². The van der Waals surface area contributed by atoms with Crippen LogP contribution in [-0.4, -0.2) is 44.3 Å². The Kier molecular flexibility index (Phi) is 5.84. The van der Waals surface area contributed by atoms with E-state index < -0.39 is 5.41 Å². The Labute approximate surface area is 202 Å².